The van der Waals surface area contributed by atoms with Crippen LogP contribution in [-0.4, -0.2) is 36.1 Å². The minimum atomic E-state index is -0.371. The van der Waals surface area contributed by atoms with E-state index < -0.39 is 0 Å². The third-order valence-corrected chi connectivity index (χ3v) is 4.40. The number of pyridine rings is 1. The minimum Gasteiger partial charge on any atom is -0.365 e. The summed E-state index contributed by atoms with van der Waals surface area (Å²) >= 11 is 0. The van der Waals surface area contributed by atoms with Crippen molar-refractivity contribution >= 4 is 11.7 Å². The van der Waals surface area contributed by atoms with E-state index in [4.69, 9.17) is 10.7 Å². The van der Waals surface area contributed by atoms with Gasteiger partial charge in [-0.1, -0.05) is 0 Å². The van der Waals surface area contributed by atoms with Gasteiger partial charge in [-0.15, -0.1) is 0 Å². The number of rotatable bonds is 2. The average molecular weight is 288 g/mol. The topological polar surface area (TPSA) is 71.2 Å². The average Bonchev–Trinajstić information content (AvgIpc) is 2.44. The number of amides is 1. The molecule has 114 valence electrons. The van der Waals surface area contributed by atoms with E-state index in [1.807, 2.05) is 6.07 Å². The largest absolute Gasteiger partial charge is 0.365 e. The summed E-state index contributed by atoms with van der Waals surface area (Å²) in [6.07, 6.45) is 4.38. The van der Waals surface area contributed by atoms with Gasteiger partial charge in [0.1, 0.15) is 5.82 Å². The molecule has 3 rings (SSSR count). The maximum atomic E-state index is 11.9. The van der Waals surface area contributed by atoms with Crippen molar-refractivity contribution in [3.63, 3.8) is 0 Å². The maximum Gasteiger partial charge on any atom is 0.252 e. The molecule has 0 saturated carbocycles. The number of piperazine rings is 1. The summed E-state index contributed by atoms with van der Waals surface area (Å²) in [5.74, 6) is 0.410. The fourth-order valence-corrected chi connectivity index (χ4v) is 3.54. The number of anilines is 1. The summed E-state index contributed by atoms with van der Waals surface area (Å²) in [4.78, 5) is 18.9. The lowest BCUT2D eigenvalue weighted by molar-refractivity contribution is 0.1000. The molecule has 1 aromatic heterocycles. The van der Waals surface area contributed by atoms with E-state index in [0.29, 0.717) is 17.6 Å². The molecule has 1 fully saturated rings. The van der Waals surface area contributed by atoms with E-state index in [1.54, 1.807) is 0 Å². The molecule has 2 atom stereocenters. The molecule has 1 aromatic rings. The van der Waals surface area contributed by atoms with Crippen LogP contribution in [-0.2, 0) is 12.8 Å². The van der Waals surface area contributed by atoms with Gasteiger partial charge in [0.2, 0.25) is 0 Å². The van der Waals surface area contributed by atoms with E-state index >= 15 is 0 Å². The normalized spacial score (nSPS) is 25.5. The highest BCUT2D eigenvalue weighted by Crippen LogP contribution is 2.27. The fraction of sp³-hybridized carbons (Fsp3) is 0.625. The summed E-state index contributed by atoms with van der Waals surface area (Å²) in [5, 5.41) is 3.50. The molecule has 1 amide bonds. The van der Waals surface area contributed by atoms with Crippen molar-refractivity contribution in [2.75, 3.05) is 18.0 Å². The smallest absolute Gasteiger partial charge is 0.252 e. The number of primary amides is 1. The number of hydrogen-bond donors (Lipinski definition) is 2. The van der Waals surface area contributed by atoms with Crippen LogP contribution in [0, 0.1) is 0 Å². The van der Waals surface area contributed by atoms with E-state index in [2.05, 4.69) is 24.1 Å². The Labute approximate surface area is 125 Å². The Morgan fingerprint density at radius 1 is 1.29 bits per heavy atom. The number of nitrogens with two attached hydrogens (primary N) is 1. The van der Waals surface area contributed by atoms with Gasteiger partial charge in [-0.05, 0) is 51.2 Å². The van der Waals surface area contributed by atoms with Gasteiger partial charge in [0, 0.05) is 30.9 Å². The predicted octanol–water partition coefficient (Wildman–Crippen LogP) is 1.25. The SMILES string of the molecule is CC1CN(c2nc3c(cc2C(N)=O)CCCC3)CC(C)N1. The molecule has 1 saturated heterocycles. The molecular weight excluding hydrogens is 264 g/mol. The molecule has 21 heavy (non-hydrogen) atoms. The molecule has 2 aliphatic rings. The summed E-state index contributed by atoms with van der Waals surface area (Å²) in [6, 6.07) is 2.75. The monoisotopic (exact) mass is 288 g/mol. The molecule has 0 radical (unpaired) electrons. The highest BCUT2D eigenvalue weighted by atomic mass is 16.1. The van der Waals surface area contributed by atoms with Crippen LogP contribution in [0.2, 0.25) is 0 Å². The van der Waals surface area contributed by atoms with Gasteiger partial charge in [0.25, 0.3) is 5.91 Å². The van der Waals surface area contributed by atoms with Crippen molar-refractivity contribution in [2.45, 2.75) is 51.6 Å². The number of carbonyl (C=O) groups excluding carboxylic acids is 1. The van der Waals surface area contributed by atoms with Crippen molar-refractivity contribution in [3.8, 4) is 0 Å². The lowest BCUT2D eigenvalue weighted by Gasteiger charge is -2.38. The third kappa shape index (κ3) is 2.88. The molecule has 0 spiro atoms. The maximum absolute atomic E-state index is 11.9. The number of carbonyl (C=O) groups is 1. The van der Waals surface area contributed by atoms with Crippen LogP contribution < -0.4 is 16.0 Å². The molecule has 0 aromatic carbocycles. The quantitative estimate of drug-likeness (QED) is 0.859. The first-order valence-electron chi connectivity index (χ1n) is 7.88. The Morgan fingerprint density at radius 3 is 2.62 bits per heavy atom. The Kier molecular flexibility index (Phi) is 3.85. The number of aromatic nitrogens is 1. The highest BCUT2D eigenvalue weighted by Gasteiger charge is 2.27. The molecule has 1 aliphatic heterocycles. The van der Waals surface area contributed by atoms with Gasteiger partial charge < -0.3 is 16.0 Å². The molecule has 1 aliphatic carbocycles. The van der Waals surface area contributed by atoms with Crippen LogP contribution in [0.4, 0.5) is 5.82 Å². The molecule has 2 unspecified atom stereocenters. The molecule has 3 N–H and O–H groups in total. The predicted molar refractivity (Wildman–Crippen MR) is 83.7 cm³/mol. The van der Waals surface area contributed by atoms with E-state index in [-0.39, 0.29) is 5.91 Å². The lowest BCUT2D eigenvalue weighted by Crippen LogP contribution is -2.55. The second-order valence-electron chi connectivity index (χ2n) is 6.41. The van der Waals surface area contributed by atoms with Crippen molar-refractivity contribution in [1.29, 1.82) is 0 Å². The highest BCUT2D eigenvalue weighted by molar-refractivity contribution is 5.98. The number of nitrogens with zero attached hydrogens (tertiary/aromatic N) is 2. The van der Waals surface area contributed by atoms with E-state index in [9.17, 15) is 4.79 Å². The van der Waals surface area contributed by atoms with Crippen LogP contribution in [0.15, 0.2) is 6.07 Å². The second kappa shape index (κ2) is 5.64. The molecule has 5 nitrogen and oxygen atoms in total. The van der Waals surface area contributed by atoms with Crippen LogP contribution in [0.25, 0.3) is 0 Å². The first-order chi connectivity index (χ1) is 10.0. The van der Waals surface area contributed by atoms with E-state index in [0.717, 1.165) is 37.4 Å². The molecular formula is C16H24N4O. The number of nitrogens with one attached hydrogen (secondary N) is 1. The Balaban J connectivity index is 2.01. The van der Waals surface area contributed by atoms with Gasteiger partial charge in [0.15, 0.2) is 0 Å². The van der Waals surface area contributed by atoms with Crippen molar-refractivity contribution < 1.29 is 4.79 Å². The molecule has 5 heteroatoms. The van der Waals surface area contributed by atoms with Crippen LogP contribution in [0.1, 0.15) is 48.3 Å². The van der Waals surface area contributed by atoms with Gasteiger partial charge in [-0.2, -0.15) is 0 Å². The van der Waals surface area contributed by atoms with Crippen LogP contribution in [0.3, 0.4) is 0 Å². The van der Waals surface area contributed by atoms with Gasteiger partial charge >= 0.3 is 0 Å². The summed E-state index contributed by atoms with van der Waals surface area (Å²) < 4.78 is 0. The zero-order valence-electron chi connectivity index (χ0n) is 12.9. The first-order valence-corrected chi connectivity index (χ1v) is 7.88. The minimum absolute atomic E-state index is 0.371. The molecule has 2 heterocycles. The zero-order valence-corrected chi connectivity index (χ0v) is 12.9. The number of hydrogen-bond acceptors (Lipinski definition) is 4. The first kappa shape index (κ1) is 14.3. The van der Waals surface area contributed by atoms with Gasteiger partial charge in [-0.3, -0.25) is 4.79 Å². The number of aryl methyl sites for hydroxylation is 2. The second-order valence-corrected chi connectivity index (χ2v) is 6.41. The molecule has 0 bridgehead atoms. The summed E-state index contributed by atoms with van der Waals surface area (Å²) in [7, 11) is 0. The van der Waals surface area contributed by atoms with Crippen LogP contribution in [0.5, 0.6) is 0 Å². The van der Waals surface area contributed by atoms with Crippen LogP contribution >= 0.6 is 0 Å². The van der Waals surface area contributed by atoms with Crippen molar-refractivity contribution in [3.05, 3.63) is 22.9 Å². The standard InChI is InChI=1S/C16H24N4O/c1-10-8-20(9-11(2)18-10)16-13(15(17)21)7-12-5-3-4-6-14(12)19-16/h7,10-11,18H,3-6,8-9H2,1-2H3,(H2,17,21). The lowest BCUT2D eigenvalue weighted by atomic mass is 9.94. The fourth-order valence-electron chi connectivity index (χ4n) is 3.54. The van der Waals surface area contributed by atoms with E-state index in [1.165, 1.54) is 18.4 Å². The summed E-state index contributed by atoms with van der Waals surface area (Å²) in [6.45, 7) is 6.03. The number of fused-ring (bicyclic) bond motifs is 1. The van der Waals surface area contributed by atoms with Crippen molar-refractivity contribution in [2.24, 2.45) is 5.73 Å². The van der Waals surface area contributed by atoms with Crippen molar-refractivity contribution in [1.82, 2.24) is 10.3 Å². The Bertz CT molecular complexity index is 547. The van der Waals surface area contributed by atoms with Gasteiger partial charge in [0.05, 0.1) is 5.56 Å². The van der Waals surface area contributed by atoms with Gasteiger partial charge in [-0.25, -0.2) is 4.98 Å². The Hall–Kier alpha value is -1.62. The Morgan fingerprint density at radius 2 is 1.95 bits per heavy atom. The third-order valence-electron chi connectivity index (χ3n) is 4.40. The summed E-state index contributed by atoms with van der Waals surface area (Å²) in [5.41, 5.74) is 8.54. The zero-order chi connectivity index (χ0) is 15.0.